The molecule has 1 aliphatic rings. The Labute approximate surface area is 163 Å². The summed E-state index contributed by atoms with van der Waals surface area (Å²) >= 11 is 5.73. The van der Waals surface area contributed by atoms with Crippen molar-refractivity contribution in [2.45, 2.75) is 24.7 Å². The molecule has 0 aromatic heterocycles. The Morgan fingerprint density at radius 3 is 2.59 bits per heavy atom. The number of piperidine rings is 1. The lowest BCUT2D eigenvalue weighted by atomic mass is 9.99. The number of halogens is 2. The van der Waals surface area contributed by atoms with E-state index in [1.165, 1.54) is 22.5 Å². The lowest BCUT2D eigenvalue weighted by Gasteiger charge is -2.31. The van der Waals surface area contributed by atoms with Crippen LogP contribution in [0, 0.1) is 18.7 Å². The Morgan fingerprint density at radius 2 is 1.93 bits per heavy atom. The van der Waals surface area contributed by atoms with Gasteiger partial charge in [-0.25, -0.2) is 12.8 Å². The molecule has 1 saturated heterocycles. The maximum Gasteiger partial charge on any atom is 0.243 e. The zero-order chi connectivity index (χ0) is 19.6. The van der Waals surface area contributed by atoms with Crippen LogP contribution in [-0.2, 0) is 14.8 Å². The lowest BCUT2D eigenvalue weighted by Crippen LogP contribution is -2.43. The van der Waals surface area contributed by atoms with Gasteiger partial charge in [-0.15, -0.1) is 0 Å². The molecule has 2 aromatic rings. The first-order valence-electron chi connectivity index (χ1n) is 8.60. The summed E-state index contributed by atoms with van der Waals surface area (Å²) in [6, 6.07) is 10.6. The third-order valence-corrected chi connectivity index (χ3v) is 6.77. The molecule has 0 bridgehead atoms. The molecule has 1 heterocycles. The number of hydrogen-bond donors (Lipinski definition) is 1. The minimum absolute atomic E-state index is 0.0833. The van der Waals surface area contributed by atoms with Crippen LogP contribution in [0.3, 0.4) is 0 Å². The first kappa shape index (κ1) is 19.8. The van der Waals surface area contributed by atoms with Crippen molar-refractivity contribution >= 4 is 33.2 Å². The molecule has 0 aliphatic carbocycles. The molecule has 0 radical (unpaired) electrons. The van der Waals surface area contributed by atoms with Gasteiger partial charge in [0, 0.05) is 18.8 Å². The van der Waals surface area contributed by atoms with Gasteiger partial charge in [-0.2, -0.15) is 4.31 Å². The van der Waals surface area contributed by atoms with E-state index >= 15 is 0 Å². The van der Waals surface area contributed by atoms with Crippen LogP contribution in [0.25, 0.3) is 0 Å². The van der Waals surface area contributed by atoms with Gasteiger partial charge in [-0.1, -0.05) is 29.3 Å². The highest BCUT2D eigenvalue weighted by Gasteiger charge is 2.33. The van der Waals surface area contributed by atoms with Crippen LogP contribution < -0.4 is 5.32 Å². The Morgan fingerprint density at radius 1 is 1.22 bits per heavy atom. The number of benzene rings is 2. The van der Waals surface area contributed by atoms with Crippen LogP contribution >= 0.6 is 11.6 Å². The molecule has 2 aromatic carbocycles. The number of sulfonamides is 1. The Hall–Kier alpha value is -1.96. The van der Waals surface area contributed by atoms with Crippen LogP contribution in [0.4, 0.5) is 10.1 Å². The second-order valence-corrected chi connectivity index (χ2v) is 8.98. The van der Waals surface area contributed by atoms with E-state index in [-0.39, 0.29) is 22.4 Å². The van der Waals surface area contributed by atoms with Gasteiger partial charge in [0.15, 0.2) is 0 Å². The number of nitrogens with one attached hydrogen (secondary N) is 1. The largest absolute Gasteiger partial charge is 0.326 e. The van der Waals surface area contributed by atoms with Crippen molar-refractivity contribution in [3.05, 3.63) is 58.9 Å². The minimum Gasteiger partial charge on any atom is -0.326 e. The van der Waals surface area contributed by atoms with E-state index in [0.29, 0.717) is 25.1 Å². The molecule has 1 fully saturated rings. The fourth-order valence-electron chi connectivity index (χ4n) is 3.05. The minimum atomic E-state index is -3.65. The standard InChI is InChI=1S/C19H20ClFN2O3S/c1-13-4-7-16(8-5-13)27(25,26)23-10-2-3-14(12-23)19(24)22-15-6-9-18(21)17(20)11-15/h4-9,11,14H,2-3,10,12H2,1H3,(H,22,24). The van der Waals surface area contributed by atoms with Crippen molar-refractivity contribution in [1.82, 2.24) is 4.31 Å². The number of nitrogens with zero attached hydrogens (tertiary/aromatic N) is 1. The molecule has 0 saturated carbocycles. The zero-order valence-corrected chi connectivity index (χ0v) is 16.4. The van der Waals surface area contributed by atoms with Crippen molar-refractivity contribution in [2.75, 3.05) is 18.4 Å². The normalized spacial score (nSPS) is 18.3. The zero-order valence-electron chi connectivity index (χ0n) is 14.8. The monoisotopic (exact) mass is 410 g/mol. The maximum atomic E-state index is 13.2. The highest BCUT2D eigenvalue weighted by Crippen LogP contribution is 2.26. The molecule has 144 valence electrons. The fraction of sp³-hybridized carbons (Fsp3) is 0.316. The van der Waals surface area contributed by atoms with Gasteiger partial charge in [0.25, 0.3) is 0 Å². The molecule has 1 unspecified atom stereocenters. The van der Waals surface area contributed by atoms with Crippen LogP contribution in [0.2, 0.25) is 5.02 Å². The molecule has 1 atom stereocenters. The summed E-state index contributed by atoms with van der Waals surface area (Å²) in [6.45, 7) is 2.37. The summed E-state index contributed by atoms with van der Waals surface area (Å²) in [6.07, 6.45) is 1.17. The third kappa shape index (κ3) is 4.48. The summed E-state index contributed by atoms with van der Waals surface area (Å²) in [7, 11) is -3.65. The molecular weight excluding hydrogens is 391 g/mol. The second-order valence-electron chi connectivity index (χ2n) is 6.63. The van der Waals surface area contributed by atoms with Crippen molar-refractivity contribution < 1.29 is 17.6 Å². The number of anilines is 1. The van der Waals surface area contributed by atoms with E-state index in [2.05, 4.69) is 5.32 Å². The predicted molar refractivity (Wildman–Crippen MR) is 103 cm³/mol. The number of aryl methyl sites for hydroxylation is 1. The van der Waals surface area contributed by atoms with E-state index in [1.54, 1.807) is 24.3 Å². The highest BCUT2D eigenvalue weighted by molar-refractivity contribution is 7.89. The van der Waals surface area contributed by atoms with Crippen LogP contribution in [0.15, 0.2) is 47.4 Å². The van der Waals surface area contributed by atoms with E-state index in [9.17, 15) is 17.6 Å². The van der Waals surface area contributed by atoms with E-state index in [4.69, 9.17) is 11.6 Å². The summed E-state index contributed by atoms with van der Waals surface area (Å²) in [5.41, 5.74) is 1.35. The van der Waals surface area contributed by atoms with Gasteiger partial charge in [-0.05, 0) is 50.1 Å². The lowest BCUT2D eigenvalue weighted by molar-refractivity contribution is -0.120. The smallest absolute Gasteiger partial charge is 0.243 e. The van der Waals surface area contributed by atoms with E-state index in [1.807, 2.05) is 6.92 Å². The number of hydrogen-bond acceptors (Lipinski definition) is 3. The van der Waals surface area contributed by atoms with Crippen LogP contribution in [-0.4, -0.2) is 31.7 Å². The summed E-state index contributed by atoms with van der Waals surface area (Å²) < 4.78 is 40.3. The van der Waals surface area contributed by atoms with Crippen molar-refractivity contribution in [3.63, 3.8) is 0 Å². The molecule has 1 amide bonds. The summed E-state index contributed by atoms with van der Waals surface area (Å²) in [4.78, 5) is 12.8. The fourth-order valence-corrected chi connectivity index (χ4v) is 4.76. The van der Waals surface area contributed by atoms with Gasteiger partial charge >= 0.3 is 0 Å². The molecule has 27 heavy (non-hydrogen) atoms. The Balaban J connectivity index is 1.72. The average molecular weight is 411 g/mol. The van der Waals surface area contributed by atoms with E-state index < -0.39 is 21.8 Å². The average Bonchev–Trinajstić information content (AvgIpc) is 2.65. The predicted octanol–water partition coefficient (Wildman–Crippen LogP) is 3.83. The molecule has 8 heteroatoms. The molecule has 5 nitrogen and oxygen atoms in total. The quantitative estimate of drug-likeness (QED) is 0.833. The van der Waals surface area contributed by atoms with Crippen molar-refractivity contribution in [1.29, 1.82) is 0 Å². The van der Waals surface area contributed by atoms with Gasteiger partial charge in [0.2, 0.25) is 15.9 Å². The number of carbonyl (C=O) groups is 1. The van der Waals surface area contributed by atoms with Crippen LogP contribution in [0.1, 0.15) is 18.4 Å². The SMILES string of the molecule is Cc1ccc(S(=O)(=O)N2CCCC(C(=O)Nc3ccc(F)c(Cl)c3)C2)cc1. The first-order valence-corrected chi connectivity index (χ1v) is 10.4. The highest BCUT2D eigenvalue weighted by atomic mass is 35.5. The van der Waals surface area contributed by atoms with Gasteiger partial charge < -0.3 is 5.32 Å². The Bertz CT molecular complexity index is 948. The number of amides is 1. The number of carbonyl (C=O) groups excluding carboxylic acids is 1. The van der Waals surface area contributed by atoms with Gasteiger partial charge in [0.05, 0.1) is 15.8 Å². The molecule has 3 rings (SSSR count). The summed E-state index contributed by atoms with van der Waals surface area (Å²) in [5, 5.41) is 2.60. The second kappa shape index (κ2) is 7.96. The molecular formula is C19H20ClFN2O3S. The van der Waals surface area contributed by atoms with Crippen LogP contribution in [0.5, 0.6) is 0 Å². The topological polar surface area (TPSA) is 66.5 Å². The molecule has 1 aliphatic heterocycles. The van der Waals surface area contributed by atoms with Crippen molar-refractivity contribution in [2.24, 2.45) is 5.92 Å². The molecule has 1 N–H and O–H groups in total. The first-order chi connectivity index (χ1) is 12.8. The maximum absolute atomic E-state index is 13.2. The van der Waals surface area contributed by atoms with E-state index in [0.717, 1.165) is 5.56 Å². The third-order valence-electron chi connectivity index (χ3n) is 4.60. The van der Waals surface area contributed by atoms with Gasteiger partial charge in [-0.3, -0.25) is 4.79 Å². The van der Waals surface area contributed by atoms with Crippen molar-refractivity contribution in [3.8, 4) is 0 Å². The summed E-state index contributed by atoms with van der Waals surface area (Å²) in [5.74, 6) is -1.35. The van der Waals surface area contributed by atoms with Gasteiger partial charge in [0.1, 0.15) is 5.82 Å². The molecule has 0 spiro atoms. The number of rotatable bonds is 4. The Kier molecular flexibility index (Phi) is 5.83.